The summed E-state index contributed by atoms with van der Waals surface area (Å²) in [5.41, 5.74) is 0. The van der Waals surface area contributed by atoms with Crippen LogP contribution in [0.4, 0.5) is 0 Å². The van der Waals surface area contributed by atoms with E-state index in [-0.39, 0.29) is 6.29 Å². The summed E-state index contributed by atoms with van der Waals surface area (Å²) < 4.78 is 11.1. The lowest BCUT2D eigenvalue weighted by Gasteiger charge is -2.29. The minimum Gasteiger partial charge on any atom is -0.352 e. The van der Waals surface area contributed by atoms with Gasteiger partial charge in [0.1, 0.15) is 0 Å². The fourth-order valence-corrected chi connectivity index (χ4v) is 1.82. The SMILES string of the molecule is CCOC(CN(C)C(CC)CC)OCC. The van der Waals surface area contributed by atoms with Crippen molar-refractivity contribution in [1.82, 2.24) is 4.90 Å². The number of ether oxygens (including phenoxy) is 2. The van der Waals surface area contributed by atoms with Gasteiger partial charge in [0.25, 0.3) is 0 Å². The van der Waals surface area contributed by atoms with Crippen LogP contribution in [0.2, 0.25) is 0 Å². The molecule has 0 spiro atoms. The van der Waals surface area contributed by atoms with E-state index in [4.69, 9.17) is 9.47 Å². The molecule has 3 heteroatoms. The predicted molar refractivity (Wildman–Crippen MR) is 64.0 cm³/mol. The highest BCUT2D eigenvalue weighted by molar-refractivity contribution is 4.66. The maximum atomic E-state index is 5.53. The largest absolute Gasteiger partial charge is 0.352 e. The molecular formula is C12H27NO2. The Morgan fingerprint density at radius 3 is 1.73 bits per heavy atom. The van der Waals surface area contributed by atoms with Crippen molar-refractivity contribution in [1.29, 1.82) is 0 Å². The van der Waals surface area contributed by atoms with Crippen molar-refractivity contribution in [3.05, 3.63) is 0 Å². The Labute approximate surface area is 94.7 Å². The molecule has 0 aliphatic carbocycles. The highest BCUT2D eigenvalue weighted by Gasteiger charge is 2.16. The summed E-state index contributed by atoms with van der Waals surface area (Å²) in [7, 11) is 2.14. The third-order valence-corrected chi connectivity index (χ3v) is 2.71. The topological polar surface area (TPSA) is 21.7 Å². The molecule has 0 amide bonds. The van der Waals surface area contributed by atoms with Crippen LogP contribution in [0.25, 0.3) is 0 Å². The molecule has 0 aromatic heterocycles. The highest BCUT2D eigenvalue weighted by atomic mass is 16.7. The fourth-order valence-electron chi connectivity index (χ4n) is 1.82. The molecule has 0 rings (SSSR count). The molecule has 0 saturated carbocycles. The number of rotatable bonds is 9. The molecule has 0 unspecified atom stereocenters. The van der Waals surface area contributed by atoms with Crippen molar-refractivity contribution in [2.75, 3.05) is 26.8 Å². The van der Waals surface area contributed by atoms with Crippen molar-refractivity contribution in [2.45, 2.75) is 52.9 Å². The molecule has 0 N–H and O–H groups in total. The third kappa shape index (κ3) is 6.13. The molecule has 92 valence electrons. The Morgan fingerprint density at radius 2 is 1.40 bits per heavy atom. The Hall–Kier alpha value is -0.120. The second-order valence-corrected chi connectivity index (χ2v) is 3.75. The van der Waals surface area contributed by atoms with E-state index in [1.807, 2.05) is 13.8 Å². The zero-order valence-corrected chi connectivity index (χ0v) is 11.0. The molecule has 0 fully saturated rings. The van der Waals surface area contributed by atoms with Gasteiger partial charge in [0.15, 0.2) is 6.29 Å². The molecule has 0 radical (unpaired) electrons. The van der Waals surface area contributed by atoms with Crippen molar-refractivity contribution in [2.24, 2.45) is 0 Å². The minimum absolute atomic E-state index is 0.0781. The van der Waals surface area contributed by atoms with E-state index in [0.29, 0.717) is 19.3 Å². The van der Waals surface area contributed by atoms with Crippen LogP contribution >= 0.6 is 0 Å². The van der Waals surface area contributed by atoms with E-state index in [2.05, 4.69) is 25.8 Å². The van der Waals surface area contributed by atoms with E-state index in [0.717, 1.165) is 6.54 Å². The van der Waals surface area contributed by atoms with Gasteiger partial charge >= 0.3 is 0 Å². The zero-order chi connectivity index (χ0) is 11.7. The smallest absolute Gasteiger partial charge is 0.170 e. The quantitative estimate of drug-likeness (QED) is 0.554. The van der Waals surface area contributed by atoms with Gasteiger partial charge in [0, 0.05) is 25.8 Å². The molecular weight excluding hydrogens is 190 g/mol. The summed E-state index contributed by atoms with van der Waals surface area (Å²) in [4.78, 5) is 2.33. The molecule has 15 heavy (non-hydrogen) atoms. The molecule has 0 aliphatic rings. The van der Waals surface area contributed by atoms with E-state index in [1.54, 1.807) is 0 Å². The number of likely N-dealkylation sites (N-methyl/N-ethyl adjacent to an activating group) is 1. The van der Waals surface area contributed by atoms with Crippen LogP contribution in [-0.4, -0.2) is 44.0 Å². The molecule has 0 bridgehead atoms. The highest BCUT2D eigenvalue weighted by Crippen LogP contribution is 2.08. The predicted octanol–water partition coefficient (Wildman–Crippen LogP) is 2.51. The molecule has 0 heterocycles. The first-order valence-corrected chi connectivity index (χ1v) is 6.12. The van der Waals surface area contributed by atoms with Gasteiger partial charge in [-0.15, -0.1) is 0 Å². The minimum atomic E-state index is -0.0781. The number of hydrogen-bond acceptors (Lipinski definition) is 3. The molecule has 3 nitrogen and oxygen atoms in total. The lowest BCUT2D eigenvalue weighted by Crippen LogP contribution is -2.39. The van der Waals surface area contributed by atoms with Gasteiger partial charge in [0.05, 0.1) is 0 Å². The van der Waals surface area contributed by atoms with Crippen LogP contribution in [-0.2, 0) is 9.47 Å². The van der Waals surface area contributed by atoms with Crippen LogP contribution in [0, 0.1) is 0 Å². The second-order valence-electron chi connectivity index (χ2n) is 3.75. The Morgan fingerprint density at radius 1 is 0.933 bits per heavy atom. The van der Waals surface area contributed by atoms with E-state index >= 15 is 0 Å². The lowest BCUT2D eigenvalue weighted by molar-refractivity contribution is -0.148. The van der Waals surface area contributed by atoms with E-state index in [1.165, 1.54) is 12.8 Å². The van der Waals surface area contributed by atoms with Gasteiger partial charge < -0.3 is 9.47 Å². The molecule has 0 aromatic rings. The van der Waals surface area contributed by atoms with Crippen molar-refractivity contribution >= 4 is 0 Å². The molecule has 0 aliphatic heterocycles. The Balaban J connectivity index is 4.01. The summed E-state index contributed by atoms with van der Waals surface area (Å²) in [5, 5.41) is 0. The summed E-state index contributed by atoms with van der Waals surface area (Å²) >= 11 is 0. The average Bonchev–Trinajstić information content (AvgIpc) is 2.20. The van der Waals surface area contributed by atoms with Crippen LogP contribution < -0.4 is 0 Å². The summed E-state index contributed by atoms with van der Waals surface area (Å²) in [6.07, 6.45) is 2.28. The van der Waals surface area contributed by atoms with Gasteiger partial charge in [-0.05, 0) is 33.7 Å². The summed E-state index contributed by atoms with van der Waals surface area (Å²) in [5.74, 6) is 0. The van der Waals surface area contributed by atoms with Crippen molar-refractivity contribution < 1.29 is 9.47 Å². The van der Waals surface area contributed by atoms with Gasteiger partial charge in [-0.25, -0.2) is 0 Å². The van der Waals surface area contributed by atoms with Gasteiger partial charge in [-0.1, -0.05) is 13.8 Å². The first-order chi connectivity index (χ1) is 7.19. The van der Waals surface area contributed by atoms with Gasteiger partial charge in [-0.3, -0.25) is 4.90 Å². The molecule has 0 saturated heterocycles. The summed E-state index contributed by atoms with van der Waals surface area (Å²) in [6.45, 7) is 10.7. The van der Waals surface area contributed by atoms with Gasteiger partial charge in [0.2, 0.25) is 0 Å². The van der Waals surface area contributed by atoms with Gasteiger partial charge in [-0.2, -0.15) is 0 Å². The molecule has 0 atom stereocenters. The lowest BCUT2D eigenvalue weighted by atomic mass is 10.1. The maximum absolute atomic E-state index is 5.53. The van der Waals surface area contributed by atoms with Crippen LogP contribution in [0.3, 0.4) is 0 Å². The van der Waals surface area contributed by atoms with Crippen LogP contribution in [0.15, 0.2) is 0 Å². The zero-order valence-electron chi connectivity index (χ0n) is 11.0. The van der Waals surface area contributed by atoms with E-state index < -0.39 is 0 Å². The van der Waals surface area contributed by atoms with E-state index in [9.17, 15) is 0 Å². The third-order valence-electron chi connectivity index (χ3n) is 2.71. The first-order valence-electron chi connectivity index (χ1n) is 6.12. The normalized spacial score (nSPS) is 12.0. The van der Waals surface area contributed by atoms with Crippen LogP contribution in [0.1, 0.15) is 40.5 Å². The Kier molecular flexibility index (Phi) is 9.06. The monoisotopic (exact) mass is 217 g/mol. The second kappa shape index (κ2) is 9.13. The maximum Gasteiger partial charge on any atom is 0.170 e. The fraction of sp³-hybridized carbons (Fsp3) is 1.00. The number of nitrogens with zero attached hydrogens (tertiary/aromatic N) is 1. The summed E-state index contributed by atoms with van der Waals surface area (Å²) in [6, 6.07) is 0.633. The number of hydrogen-bond donors (Lipinski definition) is 0. The van der Waals surface area contributed by atoms with Crippen molar-refractivity contribution in [3.63, 3.8) is 0 Å². The van der Waals surface area contributed by atoms with Crippen molar-refractivity contribution in [3.8, 4) is 0 Å². The first kappa shape index (κ1) is 14.9. The standard InChI is InChI=1S/C12H27NO2/c1-6-11(7-2)13(5)10-12(14-8-3)15-9-4/h11-12H,6-10H2,1-5H3. The molecule has 0 aromatic carbocycles. The Bertz CT molecular complexity index is 132. The van der Waals surface area contributed by atoms with Crippen LogP contribution in [0.5, 0.6) is 0 Å². The average molecular weight is 217 g/mol.